The van der Waals surface area contributed by atoms with Gasteiger partial charge in [-0.25, -0.2) is 0 Å². The van der Waals surface area contributed by atoms with Gasteiger partial charge in [-0.05, 0) is 61.5 Å². The van der Waals surface area contributed by atoms with Crippen molar-refractivity contribution in [2.75, 3.05) is 0 Å². The van der Waals surface area contributed by atoms with Crippen LogP contribution in [0.2, 0.25) is 0 Å². The quantitative estimate of drug-likeness (QED) is 0.445. The van der Waals surface area contributed by atoms with Crippen LogP contribution in [0.1, 0.15) is 75.2 Å². The molecule has 0 aliphatic rings. The lowest BCUT2D eigenvalue weighted by Gasteiger charge is -2.16. The van der Waals surface area contributed by atoms with E-state index >= 15 is 0 Å². The van der Waals surface area contributed by atoms with Gasteiger partial charge in [-0.15, -0.1) is 7.53 Å². The van der Waals surface area contributed by atoms with Crippen LogP contribution in [-0.2, 0) is 6.66 Å². The van der Waals surface area contributed by atoms with Crippen LogP contribution in [0, 0.1) is 6.92 Å². The van der Waals surface area contributed by atoms with E-state index in [1.807, 2.05) is 0 Å². The van der Waals surface area contributed by atoms with Gasteiger partial charge in [0, 0.05) is 0 Å². The summed E-state index contributed by atoms with van der Waals surface area (Å²) in [6.07, 6.45) is 11.1. The normalized spacial score (nSPS) is 13.9. The molecule has 0 aromatic carbocycles. The molecule has 20 heavy (non-hydrogen) atoms. The zero-order chi connectivity index (χ0) is 15.1. The molecule has 1 heterocycles. The van der Waals surface area contributed by atoms with Gasteiger partial charge in [0.25, 0.3) is 0 Å². The van der Waals surface area contributed by atoms with E-state index < -0.39 is 0 Å². The Labute approximate surface area is 127 Å². The third-order valence-electron chi connectivity index (χ3n) is 4.08. The Morgan fingerprint density at radius 2 is 2.00 bits per heavy atom. The average Bonchev–Trinajstić information content (AvgIpc) is 2.68. The monoisotopic (exact) mass is 290 g/mol. The molecule has 0 amide bonds. The fraction of sp³-hybridized carbons (Fsp3) is 0.579. The molecule has 0 saturated heterocycles. The molecule has 0 bridgehead atoms. The second kappa shape index (κ2) is 8.53. The Kier molecular flexibility index (Phi) is 7.38. The van der Waals surface area contributed by atoms with Gasteiger partial charge in [0.2, 0.25) is 0 Å². The van der Waals surface area contributed by atoms with E-state index in [1.165, 1.54) is 37.7 Å². The first-order valence-electron chi connectivity index (χ1n) is 8.00. The first-order valence-corrected chi connectivity index (χ1v) is 9.86. The first kappa shape index (κ1) is 17.3. The molecule has 1 aromatic rings. The summed E-state index contributed by atoms with van der Waals surface area (Å²) in [5.41, 5.74) is 4.28. The lowest BCUT2D eigenvalue weighted by Crippen LogP contribution is -1.99. The smallest absolute Gasteiger partial charge is 0.0150 e. The lowest BCUT2D eigenvalue weighted by atomic mass is 9.88. The van der Waals surface area contributed by atoms with E-state index in [4.69, 9.17) is 0 Å². The standard InChI is InChI=1S/C19H31P/c1-7-9-11-17(10-8-2)19-14-20(6)16(5)18(19)13-12-15(3)4/h12-14,17H,3,7-11H2,1-2,4-6H3/b13-12-. The molecular formula is C19H31P. The molecule has 1 aromatic heterocycles. The Morgan fingerprint density at radius 1 is 1.30 bits per heavy atom. The topological polar surface area (TPSA) is 0 Å². The van der Waals surface area contributed by atoms with E-state index in [1.54, 1.807) is 10.9 Å². The van der Waals surface area contributed by atoms with Crippen LogP contribution < -0.4 is 0 Å². The minimum atomic E-state index is -0.0572. The van der Waals surface area contributed by atoms with Crippen LogP contribution in [0.15, 0.2) is 24.0 Å². The second-order valence-electron chi connectivity index (χ2n) is 6.00. The van der Waals surface area contributed by atoms with Gasteiger partial charge < -0.3 is 0 Å². The van der Waals surface area contributed by atoms with Crippen LogP contribution in [0.25, 0.3) is 6.08 Å². The van der Waals surface area contributed by atoms with Gasteiger partial charge >= 0.3 is 0 Å². The highest BCUT2D eigenvalue weighted by Crippen LogP contribution is 2.43. The lowest BCUT2D eigenvalue weighted by molar-refractivity contribution is 0.541. The maximum Gasteiger partial charge on any atom is -0.0150 e. The predicted molar refractivity (Wildman–Crippen MR) is 95.9 cm³/mol. The van der Waals surface area contributed by atoms with E-state index in [0.29, 0.717) is 0 Å². The Morgan fingerprint density at radius 3 is 2.55 bits per heavy atom. The summed E-state index contributed by atoms with van der Waals surface area (Å²) < 4.78 is 0. The van der Waals surface area contributed by atoms with Crippen molar-refractivity contribution in [3.8, 4) is 0 Å². The van der Waals surface area contributed by atoms with E-state index in [2.05, 4.69) is 58.9 Å². The van der Waals surface area contributed by atoms with Crippen LogP contribution >= 0.6 is 7.53 Å². The van der Waals surface area contributed by atoms with Gasteiger partial charge in [-0.3, -0.25) is 0 Å². The molecule has 0 nitrogen and oxygen atoms in total. The summed E-state index contributed by atoms with van der Waals surface area (Å²) in [7, 11) is -0.0572. The predicted octanol–water partition coefficient (Wildman–Crippen LogP) is 7.18. The van der Waals surface area contributed by atoms with Gasteiger partial charge in [-0.2, -0.15) is 0 Å². The molecule has 0 aliphatic heterocycles. The molecule has 1 heteroatoms. The third-order valence-corrected chi connectivity index (χ3v) is 6.04. The molecule has 0 saturated carbocycles. The fourth-order valence-electron chi connectivity index (χ4n) is 2.80. The Balaban J connectivity index is 3.12. The van der Waals surface area contributed by atoms with Gasteiger partial charge in [0.1, 0.15) is 0 Å². The van der Waals surface area contributed by atoms with Crippen LogP contribution in [0.5, 0.6) is 0 Å². The zero-order valence-corrected chi connectivity index (χ0v) is 14.9. The van der Waals surface area contributed by atoms with Gasteiger partial charge in [0.05, 0.1) is 0 Å². The molecule has 112 valence electrons. The van der Waals surface area contributed by atoms with E-state index in [-0.39, 0.29) is 7.53 Å². The summed E-state index contributed by atoms with van der Waals surface area (Å²) >= 11 is 0. The average molecular weight is 290 g/mol. The van der Waals surface area contributed by atoms with E-state index in [0.717, 1.165) is 11.5 Å². The molecule has 2 atom stereocenters. The van der Waals surface area contributed by atoms with Crippen molar-refractivity contribution in [2.45, 2.75) is 65.7 Å². The third kappa shape index (κ3) is 4.67. The summed E-state index contributed by atoms with van der Waals surface area (Å²) in [6.45, 7) is 15.4. The molecule has 1 rings (SSSR count). The molecule has 0 spiro atoms. The van der Waals surface area contributed by atoms with Crippen molar-refractivity contribution in [1.29, 1.82) is 0 Å². The summed E-state index contributed by atoms with van der Waals surface area (Å²) in [4.78, 5) is 0. The highest BCUT2D eigenvalue weighted by molar-refractivity contribution is 7.48. The summed E-state index contributed by atoms with van der Waals surface area (Å²) in [5.74, 6) is 3.32. The van der Waals surface area contributed by atoms with Crippen molar-refractivity contribution < 1.29 is 0 Å². The maximum absolute atomic E-state index is 3.99. The molecule has 0 fully saturated rings. The molecular weight excluding hydrogens is 259 g/mol. The number of allylic oxidation sites excluding steroid dienone is 2. The Bertz CT molecular complexity index is 462. The van der Waals surface area contributed by atoms with Crippen LogP contribution in [0.3, 0.4) is 0 Å². The van der Waals surface area contributed by atoms with Crippen LogP contribution in [0.4, 0.5) is 0 Å². The molecule has 0 aliphatic carbocycles. The zero-order valence-electron chi connectivity index (χ0n) is 14.0. The van der Waals surface area contributed by atoms with Crippen molar-refractivity contribution in [3.63, 3.8) is 0 Å². The minimum Gasteiger partial charge on any atom is -0.124 e. The van der Waals surface area contributed by atoms with Gasteiger partial charge in [0.15, 0.2) is 0 Å². The Hall–Kier alpha value is -0.740. The van der Waals surface area contributed by atoms with Crippen molar-refractivity contribution >= 4 is 13.6 Å². The van der Waals surface area contributed by atoms with Gasteiger partial charge in [-0.1, -0.05) is 57.4 Å². The number of unbranched alkanes of at least 4 members (excludes halogenated alkanes) is 1. The molecule has 2 unspecified atom stereocenters. The SMILES string of the molecule is C=C(C)/C=C\c1c(C(CCC)CCCC)cp(C)c1C. The first-order chi connectivity index (χ1) is 9.51. The summed E-state index contributed by atoms with van der Waals surface area (Å²) in [6, 6.07) is 0. The molecule has 0 radical (unpaired) electrons. The number of rotatable bonds is 8. The molecule has 0 N–H and O–H groups in total. The number of hydrogen-bond acceptors (Lipinski definition) is 0. The number of aryl methyl sites for hydroxylation is 1. The minimum absolute atomic E-state index is 0.0572. The van der Waals surface area contributed by atoms with E-state index in [9.17, 15) is 0 Å². The van der Waals surface area contributed by atoms with Crippen molar-refractivity contribution in [3.05, 3.63) is 40.4 Å². The largest absolute Gasteiger partial charge is 0.124 e. The highest BCUT2D eigenvalue weighted by Gasteiger charge is 2.17. The second-order valence-corrected chi connectivity index (χ2v) is 8.15. The van der Waals surface area contributed by atoms with Crippen LogP contribution in [-0.4, -0.2) is 0 Å². The highest BCUT2D eigenvalue weighted by atomic mass is 31.1. The number of hydrogen-bond donors (Lipinski definition) is 0. The van der Waals surface area contributed by atoms with Crippen molar-refractivity contribution in [1.82, 2.24) is 0 Å². The summed E-state index contributed by atoms with van der Waals surface area (Å²) in [5, 5.41) is 1.59. The fourth-order valence-corrected chi connectivity index (χ4v) is 4.34. The maximum atomic E-state index is 3.99. The van der Waals surface area contributed by atoms with Crippen molar-refractivity contribution in [2.24, 2.45) is 6.66 Å².